The zero-order chi connectivity index (χ0) is 16.9. The lowest BCUT2D eigenvalue weighted by atomic mass is 10.1. The highest BCUT2D eigenvalue weighted by Gasteiger charge is 2.30. The van der Waals surface area contributed by atoms with E-state index in [0.29, 0.717) is 23.9 Å². The summed E-state index contributed by atoms with van der Waals surface area (Å²) < 4.78 is 18.6. The van der Waals surface area contributed by atoms with Gasteiger partial charge in [-0.2, -0.15) is 0 Å². The molecule has 1 amide bonds. The Hall–Kier alpha value is -2.25. The molecule has 1 aliphatic heterocycles. The molecule has 3 rings (SSSR count). The predicted octanol–water partition coefficient (Wildman–Crippen LogP) is 2.71. The average Bonchev–Trinajstić information content (AvgIpc) is 3.07. The number of carbonyl (C=O) groups excluding carboxylic acids is 1. The van der Waals surface area contributed by atoms with Crippen molar-refractivity contribution in [2.75, 3.05) is 20.1 Å². The normalized spacial score (nSPS) is 16.4. The van der Waals surface area contributed by atoms with Crippen LogP contribution in [0, 0.1) is 5.82 Å². The summed E-state index contributed by atoms with van der Waals surface area (Å²) >= 11 is 0. The third-order valence-electron chi connectivity index (χ3n) is 3.91. The Morgan fingerprint density at radius 1 is 1.36 bits per heavy atom. The fourth-order valence-electron chi connectivity index (χ4n) is 2.82. The lowest BCUT2D eigenvalue weighted by Gasteiger charge is -2.24. The van der Waals surface area contributed by atoms with E-state index in [0.717, 1.165) is 19.4 Å². The molecule has 1 atom stereocenters. The summed E-state index contributed by atoms with van der Waals surface area (Å²) in [5, 5.41) is 2.88. The lowest BCUT2D eigenvalue weighted by molar-refractivity contribution is -0.131. The average molecular weight is 367 g/mol. The number of amides is 1. The molecular formula is C17H20ClFN4O2. The van der Waals surface area contributed by atoms with E-state index < -0.39 is 0 Å². The number of likely N-dealkylation sites (N-methyl/N-ethyl adjacent to an activating group) is 1. The Morgan fingerprint density at radius 2 is 2.12 bits per heavy atom. The van der Waals surface area contributed by atoms with Crippen molar-refractivity contribution in [2.24, 2.45) is 0 Å². The number of aromatic nitrogens is 2. The van der Waals surface area contributed by atoms with E-state index in [1.165, 1.54) is 30.5 Å². The molecule has 1 unspecified atom stereocenters. The first kappa shape index (κ1) is 19.1. The van der Waals surface area contributed by atoms with Gasteiger partial charge < -0.3 is 15.0 Å². The van der Waals surface area contributed by atoms with Gasteiger partial charge in [0.2, 0.25) is 11.8 Å². The molecule has 0 radical (unpaired) electrons. The van der Waals surface area contributed by atoms with Crippen LogP contribution in [0.15, 0.2) is 36.7 Å². The van der Waals surface area contributed by atoms with Gasteiger partial charge in [0.15, 0.2) is 0 Å². The smallest absolute Gasteiger partial charge is 0.238 e. The second-order valence-electron chi connectivity index (χ2n) is 5.61. The van der Waals surface area contributed by atoms with Crippen LogP contribution in [0.3, 0.4) is 0 Å². The highest BCUT2D eigenvalue weighted by atomic mass is 35.5. The molecule has 2 heterocycles. The van der Waals surface area contributed by atoms with Gasteiger partial charge in [0, 0.05) is 6.54 Å². The molecule has 1 N–H and O–H groups in total. The summed E-state index contributed by atoms with van der Waals surface area (Å²) in [5.74, 6) is 0.530. The summed E-state index contributed by atoms with van der Waals surface area (Å²) in [6.45, 7) is 1.02. The van der Waals surface area contributed by atoms with Crippen molar-refractivity contribution in [3.05, 3.63) is 48.2 Å². The van der Waals surface area contributed by atoms with Crippen LogP contribution in [0.4, 0.5) is 4.39 Å². The van der Waals surface area contributed by atoms with Gasteiger partial charge in [-0.05, 0) is 44.2 Å². The first-order chi connectivity index (χ1) is 11.7. The first-order valence-corrected chi connectivity index (χ1v) is 7.87. The van der Waals surface area contributed by atoms with E-state index in [1.807, 2.05) is 4.90 Å². The second kappa shape index (κ2) is 8.73. The SMILES string of the molecule is CNCC(=O)N1CCCC1c1cncc(Oc2ccc(F)cc2)n1.Cl. The van der Waals surface area contributed by atoms with Crippen molar-refractivity contribution in [1.82, 2.24) is 20.2 Å². The van der Waals surface area contributed by atoms with Crippen LogP contribution in [0.5, 0.6) is 11.6 Å². The molecule has 1 aliphatic rings. The quantitative estimate of drug-likeness (QED) is 0.881. The lowest BCUT2D eigenvalue weighted by Crippen LogP contribution is -2.36. The Labute approximate surface area is 151 Å². The van der Waals surface area contributed by atoms with Crippen LogP contribution < -0.4 is 10.1 Å². The number of rotatable bonds is 5. The molecule has 2 aromatic rings. The van der Waals surface area contributed by atoms with Crippen LogP contribution in [0.2, 0.25) is 0 Å². The van der Waals surface area contributed by atoms with E-state index in [4.69, 9.17) is 4.74 Å². The number of hydrogen-bond acceptors (Lipinski definition) is 5. The largest absolute Gasteiger partial charge is 0.437 e. The van der Waals surface area contributed by atoms with Gasteiger partial charge >= 0.3 is 0 Å². The van der Waals surface area contributed by atoms with Gasteiger partial charge in [0.05, 0.1) is 30.7 Å². The Morgan fingerprint density at radius 3 is 2.84 bits per heavy atom. The molecule has 25 heavy (non-hydrogen) atoms. The Balaban J connectivity index is 0.00000225. The van der Waals surface area contributed by atoms with Crippen LogP contribution in [0.25, 0.3) is 0 Å². The van der Waals surface area contributed by atoms with Crippen molar-refractivity contribution >= 4 is 18.3 Å². The van der Waals surface area contributed by atoms with Crippen molar-refractivity contribution in [1.29, 1.82) is 0 Å². The van der Waals surface area contributed by atoms with Gasteiger partial charge in [0.25, 0.3) is 0 Å². The van der Waals surface area contributed by atoms with Crippen LogP contribution in [-0.2, 0) is 4.79 Å². The molecule has 134 valence electrons. The van der Waals surface area contributed by atoms with E-state index in [2.05, 4.69) is 15.3 Å². The van der Waals surface area contributed by atoms with E-state index >= 15 is 0 Å². The molecule has 0 saturated carbocycles. The van der Waals surface area contributed by atoms with E-state index in [1.54, 1.807) is 13.2 Å². The van der Waals surface area contributed by atoms with E-state index in [-0.39, 0.29) is 30.2 Å². The number of benzene rings is 1. The highest BCUT2D eigenvalue weighted by molar-refractivity contribution is 5.85. The predicted molar refractivity (Wildman–Crippen MR) is 93.4 cm³/mol. The molecule has 0 bridgehead atoms. The molecule has 1 aromatic heterocycles. The molecule has 0 aliphatic carbocycles. The number of likely N-dealkylation sites (tertiary alicyclic amines) is 1. The van der Waals surface area contributed by atoms with Gasteiger partial charge in [-0.3, -0.25) is 9.78 Å². The minimum Gasteiger partial charge on any atom is -0.437 e. The third-order valence-corrected chi connectivity index (χ3v) is 3.91. The number of nitrogens with zero attached hydrogens (tertiary/aromatic N) is 3. The van der Waals surface area contributed by atoms with Gasteiger partial charge in [-0.25, -0.2) is 9.37 Å². The first-order valence-electron chi connectivity index (χ1n) is 7.87. The van der Waals surface area contributed by atoms with Crippen LogP contribution in [-0.4, -0.2) is 40.9 Å². The monoisotopic (exact) mass is 366 g/mol. The fraction of sp³-hybridized carbons (Fsp3) is 0.353. The van der Waals surface area contributed by atoms with Crippen molar-refractivity contribution in [2.45, 2.75) is 18.9 Å². The maximum Gasteiger partial charge on any atom is 0.238 e. The summed E-state index contributed by atoms with van der Waals surface area (Å²) in [6.07, 6.45) is 4.95. The van der Waals surface area contributed by atoms with Gasteiger partial charge in [-0.1, -0.05) is 0 Å². The maximum absolute atomic E-state index is 12.9. The third kappa shape index (κ3) is 4.64. The molecule has 1 aromatic carbocycles. The molecule has 8 heteroatoms. The van der Waals surface area contributed by atoms with Crippen molar-refractivity contribution in [3.8, 4) is 11.6 Å². The molecule has 1 fully saturated rings. The second-order valence-corrected chi connectivity index (χ2v) is 5.61. The van der Waals surface area contributed by atoms with Gasteiger partial charge in [0.1, 0.15) is 11.6 Å². The maximum atomic E-state index is 12.9. The molecule has 0 spiro atoms. The number of hydrogen-bond donors (Lipinski definition) is 1. The molecular weight excluding hydrogens is 347 g/mol. The number of nitrogens with one attached hydrogen (secondary N) is 1. The summed E-state index contributed by atoms with van der Waals surface area (Å²) in [4.78, 5) is 22.6. The standard InChI is InChI=1S/C17H19FN4O2.ClH/c1-19-11-17(23)22-8-2-3-15(22)14-9-20-10-16(21-14)24-13-6-4-12(18)5-7-13;/h4-7,9-10,15,19H,2-3,8,11H2,1H3;1H. The fourth-order valence-corrected chi connectivity index (χ4v) is 2.82. The summed E-state index contributed by atoms with van der Waals surface area (Å²) in [7, 11) is 1.75. The Bertz CT molecular complexity index is 714. The molecule has 6 nitrogen and oxygen atoms in total. The summed E-state index contributed by atoms with van der Waals surface area (Å²) in [6, 6.07) is 5.61. The van der Waals surface area contributed by atoms with Crippen molar-refractivity contribution in [3.63, 3.8) is 0 Å². The van der Waals surface area contributed by atoms with Crippen LogP contribution in [0.1, 0.15) is 24.6 Å². The zero-order valence-corrected chi connectivity index (χ0v) is 14.6. The number of carbonyl (C=O) groups is 1. The topological polar surface area (TPSA) is 67.4 Å². The number of ether oxygens (including phenoxy) is 1. The van der Waals surface area contributed by atoms with Crippen molar-refractivity contribution < 1.29 is 13.9 Å². The van der Waals surface area contributed by atoms with Crippen LogP contribution >= 0.6 is 12.4 Å². The Kier molecular flexibility index (Phi) is 6.66. The van der Waals surface area contributed by atoms with Gasteiger partial charge in [-0.15, -0.1) is 12.4 Å². The summed E-state index contributed by atoms with van der Waals surface area (Å²) in [5.41, 5.74) is 0.705. The zero-order valence-electron chi connectivity index (χ0n) is 13.8. The molecule has 1 saturated heterocycles. The van der Waals surface area contributed by atoms with E-state index in [9.17, 15) is 9.18 Å². The highest BCUT2D eigenvalue weighted by Crippen LogP contribution is 2.31. The minimum atomic E-state index is -0.327. The minimum absolute atomic E-state index is 0. The number of halogens is 2.